The van der Waals surface area contributed by atoms with E-state index < -0.39 is 12.1 Å². The molecule has 2 atom stereocenters. The van der Waals surface area contributed by atoms with Gasteiger partial charge in [-0.15, -0.1) is 0 Å². The number of aromatic nitrogens is 2. The summed E-state index contributed by atoms with van der Waals surface area (Å²) in [4.78, 5) is 7.55. The lowest BCUT2D eigenvalue weighted by Crippen LogP contribution is -2.10. The van der Waals surface area contributed by atoms with Gasteiger partial charge in [-0.2, -0.15) is 9.65 Å². The van der Waals surface area contributed by atoms with Crippen molar-refractivity contribution in [1.82, 2.24) is 9.97 Å². The lowest BCUT2D eigenvalue weighted by Gasteiger charge is -2.21. The molecule has 2 N–H and O–H groups in total. The minimum atomic E-state index is -0.889. The van der Waals surface area contributed by atoms with Crippen LogP contribution in [-0.2, 0) is 0 Å². The molecule has 0 aliphatic rings. The first-order valence-electron chi connectivity index (χ1n) is 9.24. The zero-order valence-corrected chi connectivity index (χ0v) is 21.9. The van der Waals surface area contributed by atoms with Crippen molar-refractivity contribution >= 4 is 63.0 Å². The maximum absolute atomic E-state index is 13.7. The molecule has 0 radical (unpaired) electrons. The number of anilines is 1. The number of nitriles is 1. The first-order valence-corrected chi connectivity index (χ1v) is 14.1. The van der Waals surface area contributed by atoms with E-state index in [-0.39, 0.29) is 16.8 Å². The molecule has 2 aromatic heterocycles. The number of hydrogen-bond donors (Lipinski definition) is 2. The molecule has 0 saturated heterocycles. The maximum atomic E-state index is 13.7. The second-order valence-electron chi connectivity index (χ2n) is 6.59. The predicted octanol–water partition coefficient (Wildman–Crippen LogP) is 6.71. The van der Waals surface area contributed by atoms with Gasteiger partial charge in [0, 0.05) is 47.7 Å². The first-order chi connectivity index (χ1) is 15.8. The molecule has 3 aromatic rings. The molecular formula is C21H16Cl2FIN5O2P. The molecule has 1 unspecified atom stereocenters. The molecule has 12 heteroatoms. The molecule has 1 aromatic carbocycles. The average Bonchev–Trinajstić information content (AvgIpc) is 2.79. The summed E-state index contributed by atoms with van der Waals surface area (Å²) >= 11 is 14.7. The zero-order chi connectivity index (χ0) is 24.1. The Morgan fingerprint density at radius 2 is 1.94 bits per heavy atom. The van der Waals surface area contributed by atoms with Gasteiger partial charge in [-0.05, 0) is 41.1 Å². The van der Waals surface area contributed by atoms with Crippen LogP contribution in [0.25, 0.3) is 0 Å². The van der Waals surface area contributed by atoms with Crippen molar-refractivity contribution in [2.24, 2.45) is 0 Å². The largest absolute Gasteiger partial charge is 0.493 e. The summed E-state index contributed by atoms with van der Waals surface area (Å²) in [6.45, 7) is 1.78. The molecule has 3 rings (SSSR count). The van der Waals surface area contributed by atoms with Gasteiger partial charge in [0.05, 0.1) is 28.6 Å². The Hall–Kier alpha value is -2.25. The minimum Gasteiger partial charge on any atom is -0.493 e. The van der Waals surface area contributed by atoms with Crippen molar-refractivity contribution in [1.29, 1.82) is 10.7 Å². The number of halogens is 4. The van der Waals surface area contributed by atoms with Gasteiger partial charge in [0.2, 0.25) is 5.95 Å². The number of methoxy groups -OCH3 is 1. The van der Waals surface area contributed by atoms with Gasteiger partial charge in [-0.1, -0.05) is 23.2 Å². The molecule has 33 heavy (non-hydrogen) atoms. The maximum Gasteiger partial charge on any atom is 0.230 e. The number of nitrogens with one attached hydrogen (secondary N) is 2. The number of ether oxygens (including phenoxy) is 2. The Morgan fingerprint density at radius 1 is 1.24 bits per heavy atom. The third-order valence-electron chi connectivity index (χ3n) is 4.60. The van der Waals surface area contributed by atoms with E-state index in [9.17, 15) is 4.39 Å². The van der Waals surface area contributed by atoms with Crippen LogP contribution >= 0.6 is 51.6 Å². The van der Waals surface area contributed by atoms with E-state index in [1.807, 2.05) is 0 Å². The Labute approximate surface area is 214 Å². The van der Waals surface area contributed by atoms with Crippen LogP contribution in [0.1, 0.15) is 35.3 Å². The Morgan fingerprint density at radius 3 is 2.55 bits per heavy atom. The van der Waals surface area contributed by atoms with Crippen LogP contribution in [0, 0.1) is 22.7 Å². The fraction of sp³-hybridized carbons (Fsp3) is 0.143. The van der Waals surface area contributed by atoms with Gasteiger partial charge in [-0.3, -0.25) is 10.4 Å². The fourth-order valence-electron chi connectivity index (χ4n) is 3.05. The fourth-order valence-corrected chi connectivity index (χ4v) is 4.90. The molecule has 0 spiro atoms. The van der Waals surface area contributed by atoms with Crippen LogP contribution in [0.3, 0.4) is 0 Å². The van der Waals surface area contributed by atoms with Crippen molar-refractivity contribution in [3.8, 4) is 17.6 Å². The SMILES string of the molecule is COc1cc(NPI)c(C(=N)c2cnc(F)c(C#N)c2)cc1O[C@H](C)c1c(Cl)cncc1Cl. The van der Waals surface area contributed by atoms with Gasteiger partial charge in [0.25, 0.3) is 0 Å². The number of rotatable bonds is 8. The topological polar surface area (TPSA) is 104 Å². The molecule has 0 bridgehead atoms. The Bertz CT molecular complexity index is 1240. The van der Waals surface area contributed by atoms with Crippen molar-refractivity contribution in [3.63, 3.8) is 0 Å². The van der Waals surface area contributed by atoms with Crippen molar-refractivity contribution in [3.05, 3.63) is 75.0 Å². The molecule has 0 aliphatic carbocycles. The van der Waals surface area contributed by atoms with Crippen molar-refractivity contribution in [2.45, 2.75) is 13.0 Å². The van der Waals surface area contributed by atoms with Gasteiger partial charge >= 0.3 is 0 Å². The van der Waals surface area contributed by atoms with Crippen molar-refractivity contribution in [2.75, 3.05) is 12.2 Å². The average molecular weight is 618 g/mol. The third kappa shape index (κ3) is 5.64. The predicted molar refractivity (Wildman–Crippen MR) is 137 cm³/mol. The molecule has 0 aliphatic heterocycles. The van der Waals surface area contributed by atoms with Crippen molar-refractivity contribution < 1.29 is 13.9 Å². The second kappa shape index (κ2) is 11.3. The van der Waals surface area contributed by atoms with Crippen LogP contribution in [0.4, 0.5) is 10.1 Å². The molecule has 0 amide bonds. The Balaban J connectivity index is 2.08. The molecule has 170 valence electrons. The summed E-state index contributed by atoms with van der Waals surface area (Å²) in [5.41, 5.74) is 1.67. The van der Waals surface area contributed by atoms with Crippen LogP contribution in [0.2, 0.25) is 10.0 Å². The van der Waals surface area contributed by atoms with E-state index in [1.165, 1.54) is 31.8 Å². The monoisotopic (exact) mass is 617 g/mol. The van der Waals surface area contributed by atoms with Gasteiger partial charge in [0.15, 0.2) is 11.5 Å². The summed E-state index contributed by atoms with van der Waals surface area (Å²) in [5.74, 6) is -0.127. The molecule has 0 saturated carbocycles. The van der Waals surface area contributed by atoms with Crippen LogP contribution in [-0.4, -0.2) is 22.8 Å². The van der Waals surface area contributed by atoms with Crippen LogP contribution < -0.4 is 14.6 Å². The van der Waals surface area contributed by atoms with Gasteiger partial charge < -0.3 is 14.6 Å². The summed E-state index contributed by atoms with van der Waals surface area (Å²) in [6, 6.07) is 6.36. The quantitative estimate of drug-likeness (QED) is 0.126. The third-order valence-corrected chi connectivity index (χ3v) is 6.38. The van der Waals surface area contributed by atoms with E-state index in [1.54, 1.807) is 25.1 Å². The molecule has 2 heterocycles. The van der Waals surface area contributed by atoms with Crippen LogP contribution in [0.5, 0.6) is 11.5 Å². The summed E-state index contributed by atoms with van der Waals surface area (Å²) in [5, 5.41) is 21.7. The normalized spacial score (nSPS) is 11.8. The van der Waals surface area contributed by atoms with Gasteiger partial charge in [0.1, 0.15) is 17.7 Å². The lowest BCUT2D eigenvalue weighted by molar-refractivity contribution is 0.216. The standard InChI is InChI=1S/C21H16Cl2FIN5O2P/c1-10(19-14(22)8-28-9-15(19)23)32-18-4-13(16(30-33-25)5-17(18)31-2)20(27)12-3-11(6-26)21(24)29-7-12/h3-5,7-10,27,30,33H,1-2H3/t10-/m1/s1. The van der Waals surface area contributed by atoms with Crippen LogP contribution in [0.15, 0.2) is 36.8 Å². The van der Waals surface area contributed by atoms with E-state index >= 15 is 0 Å². The zero-order valence-electron chi connectivity index (χ0n) is 17.2. The smallest absolute Gasteiger partial charge is 0.230 e. The second-order valence-corrected chi connectivity index (χ2v) is 9.47. The van der Waals surface area contributed by atoms with E-state index in [0.29, 0.717) is 44.7 Å². The first kappa shape index (κ1) is 25.4. The molecule has 0 fully saturated rings. The summed E-state index contributed by atoms with van der Waals surface area (Å²) in [6.07, 6.45) is 3.90. The molecule has 7 nitrogen and oxygen atoms in total. The number of benzene rings is 1. The summed E-state index contributed by atoms with van der Waals surface area (Å²) < 4.78 is 25.3. The highest BCUT2D eigenvalue weighted by molar-refractivity contribution is 14.2. The minimum absolute atomic E-state index is 0.0243. The number of nitrogens with zero attached hydrogens (tertiary/aromatic N) is 3. The highest BCUT2D eigenvalue weighted by atomic mass is 127. The number of hydrogen-bond acceptors (Lipinski definition) is 7. The molecular weight excluding hydrogens is 602 g/mol. The highest BCUT2D eigenvalue weighted by Crippen LogP contribution is 2.41. The Kier molecular flexibility index (Phi) is 8.65. The van der Waals surface area contributed by atoms with E-state index in [2.05, 4.69) is 37.1 Å². The van der Waals surface area contributed by atoms with Gasteiger partial charge in [-0.25, -0.2) is 4.98 Å². The van der Waals surface area contributed by atoms with E-state index in [4.69, 9.17) is 43.3 Å². The number of pyridine rings is 2. The van der Waals surface area contributed by atoms with E-state index in [0.717, 1.165) is 0 Å². The highest BCUT2D eigenvalue weighted by Gasteiger charge is 2.21. The lowest BCUT2D eigenvalue weighted by atomic mass is 10.0. The summed E-state index contributed by atoms with van der Waals surface area (Å²) in [7, 11) is 1.50.